The van der Waals surface area contributed by atoms with Crippen LogP contribution in [-0.4, -0.2) is 5.97 Å². The van der Waals surface area contributed by atoms with Gasteiger partial charge in [-0.1, -0.05) is 17.7 Å². The molecule has 0 radical (unpaired) electrons. The first kappa shape index (κ1) is 9.00. The van der Waals surface area contributed by atoms with E-state index < -0.39 is 12.6 Å². The fourth-order valence-electron chi connectivity index (χ4n) is 0.872. The number of aromatic carboxylic acids is 1. The van der Waals surface area contributed by atoms with Crippen LogP contribution in [0.4, 0.5) is 4.39 Å². The third-order valence-corrected chi connectivity index (χ3v) is 1.67. The molecule has 0 aliphatic carbocycles. The molecule has 1 aromatic rings. The number of carbonyl (C=O) groups is 1. The van der Waals surface area contributed by atoms with Crippen molar-refractivity contribution >= 4 is 17.6 Å². The monoisotopic (exact) mass is 187 g/mol. The molecule has 0 bridgehead atoms. The molecule has 12 heavy (non-hydrogen) atoms. The highest BCUT2D eigenvalue weighted by molar-refractivity contribution is 6.30. The first-order valence-corrected chi connectivity index (χ1v) is 3.58. The van der Waals surface area contributed by atoms with E-state index in [9.17, 15) is 14.3 Å². The fourth-order valence-corrected chi connectivity index (χ4v) is 1.07. The number of hydrogen-bond donors (Lipinski definition) is 0. The predicted molar refractivity (Wildman–Crippen MR) is 40.6 cm³/mol. The Kier molecular flexibility index (Phi) is 2.65. The fraction of sp³-hybridized carbons (Fsp3) is 0.125. The molecular formula is C8H5ClFO2-. The summed E-state index contributed by atoms with van der Waals surface area (Å²) in [5.74, 6) is -1.39. The maximum absolute atomic E-state index is 12.2. The van der Waals surface area contributed by atoms with E-state index in [0.717, 1.165) is 0 Å². The van der Waals surface area contributed by atoms with Crippen molar-refractivity contribution < 1.29 is 14.3 Å². The van der Waals surface area contributed by atoms with E-state index in [1.807, 2.05) is 0 Å². The van der Waals surface area contributed by atoms with Crippen LogP contribution in [0.15, 0.2) is 18.2 Å². The number of rotatable bonds is 2. The van der Waals surface area contributed by atoms with Gasteiger partial charge < -0.3 is 9.90 Å². The minimum atomic E-state index is -1.39. The lowest BCUT2D eigenvalue weighted by molar-refractivity contribution is -0.255. The maximum Gasteiger partial charge on any atom is 0.115 e. The largest absolute Gasteiger partial charge is 0.545 e. The van der Waals surface area contributed by atoms with Crippen molar-refractivity contribution in [3.63, 3.8) is 0 Å². The van der Waals surface area contributed by atoms with Gasteiger partial charge in [0.15, 0.2) is 0 Å². The van der Waals surface area contributed by atoms with Crippen LogP contribution in [0, 0.1) is 0 Å². The summed E-state index contributed by atoms with van der Waals surface area (Å²) in [6, 6.07) is 3.88. The second-order valence-electron chi connectivity index (χ2n) is 2.22. The van der Waals surface area contributed by atoms with Gasteiger partial charge >= 0.3 is 0 Å². The molecule has 0 heterocycles. The molecule has 1 rings (SSSR count). The van der Waals surface area contributed by atoms with Crippen LogP contribution in [0.25, 0.3) is 0 Å². The number of hydrogen-bond acceptors (Lipinski definition) is 2. The summed E-state index contributed by atoms with van der Waals surface area (Å²) in [5, 5.41) is 10.7. The van der Waals surface area contributed by atoms with E-state index >= 15 is 0 Å². The molecule has 2 nitrogen and oxygen atoms in total. The molecule has 0 aromatic heterocycles. The van der Waals surface area contributed by atoms with E-state index in [2.05, 4.69) is 0 Å². The van der Waals surface area contributed by atoms with Crippen LogP contribution in [0.5, 0.6) is 0 Å². The van der Waals surface area contributed by atoms with Crippen molar-refractivity contribution in [3.8, 4) is 0 Å². The Bertz CT molecular complexity index is 312. The number of carboxylic acid groups (broad SMARTS) is 1. The van der Waals surface area contributed by atoms with Crippen LogP contribution >= 0.6 is 11.6 Å². The highest BCUT2D eigenvalue weighted by atomic mass is 35.5. The van der Waals surface area contributed by atoms with Crippen molar-refractivity contribution in [1.82, 2.24) is 0 Å². The summed E-state index contributed by atoms with van der Waals surface area (Å²) in [4.78, 5) is 10.4. The van der Waals surface area contributed by atoms with Gasteiger partial charge in [0.2, 0.25) is 0 Å². The van der Waals surface area contributed by atoms with Gasteiger partial charge in [0.25, 0.3) is 0 Å². The Balaban J connectivity index is 3.20. The predicted octanol–water partition coefficient (Wildman–Crippen LogP) is 1.17. The lowest BCUT2D eigenvalue weighted by Crippen LogP contribution is -2.23. The van der Waals surface area contributed by atoms with Crippen LogP contribution < -0.4 is 5.11 Å². The van der Waals surface area contributed by atoms with E-state index in [1.165, 1.54) is 18.2 Å². The Morgan fingerprint density at radius 2 is 2.25 bits per heavy atom. The van der Waals surface area contributed by atoms with E-state index in [1.54, 1.807) is 0 Å². The van der Waals surface area contributed by atoms with Crippen molar-refractivity contribution in [2.45, 2.75) is 6.67 Å². The average Bonchev–Trinajstić information content (AvgIpc) is 2.03. The second-order valence-corrected chi connectivity index (χ2v) is 2.66. The smallest absolute Gasteiger partial charge is 0.115 e. The molecule has 0 atom stereocenters. The van der Waals surface area contributed by atoms with E-state index in [0.29, 0.717) is 5.02 Å². The first-order chi connectivity index (χ1) is 5.65. The number of halogens is 2. The third-order valence-electron chi connectivity index (χ3n) is 1.43. The molecule has 0 amide bonds. The quantitative estimate of drug-likeness (QED) is 0.698. The third kappa shape index (κ3) is 1.74. The minimum Gasteiger partial charge on any atom is -0.545 e. The zero-order valence-corrected chi connectivity index (χ0v) is 6.77. The summed E-state index contributed by atoms with van der Waals surface area (Å²) in [6.45, 7) is -0.857. The van der Waals surface area contributed by atoms with Crippen LogP contribution in [0.3, 0.4) is 0 Å². The lowest BCUT2D eigenvalue weighted by atomic mass is 10.1. The van der Waals surface area contributed by atoms with Crippen molar-refractivity contribution in [2.75, 3.05) is 0 Å². The van der Waals surface area contributed by atoms with Gasteiger partial charge in [-0.05, 0) is 17.7 Å². The highest BCUT2D eigenvalue weighted by Crippen LogP contribution is 2.16. The molecule has 0 aliphatic rings. The number of carboxylic acids is 1. The summed E-state index contributed by atoms with van der Waals surface area (Å²) in [6.07, 6.45) is 0. The molecule has 64 valence electrons. The molecule has 1 aromatic carbocycles. The van der Waals surface area contributed by atoms with E-state index in [-0.39, 0.29) is 11.1 Å². The van der Waals surface area contributed by atoms with Gasteiger partial charge in [0.1, 0.15) is 6.67 Å². The van der Waals surface area contributed by atoms with Gasteiger partial charge in [0.05, 0.1) is 5.97 Å². The molecule has 0 saturated heterocycles. The Hall–Kier alpha value is -1.09. The second kappa shape index (κ2) is 3.54. The first-order valence-electron chi connectivity index (χ1n) is 3.21. The lowest BCUT2D eigenvalue weighted by Gasteiger charge is -2.06. The Morgan fingerprint density at radius 1 is 1.58 bits per heavy atom. The molecule has 0 N–H and O–H groups in total. The van der Waals surface area contributed by atoms with Crippen LogP contribution in [-0.2, 0) is 6.67 Å². The molecule has 0 aliphatic heterocycles. The zero-order chi connectivity index (χ0) is 9.14. The number of alkyl halides is 1. The van der Waals surface area contributed by atoms with Crippen molar-refractivity contribution in [1.29, 1.82) is 0 Å². The van der Waals surface area contributed by atoms with Gasteiger partial charge in [-0.15, -0.1) is 0 Å². The summed E-state index contributed by atoms with van der Waals surface area (Å²) < 4.78 is 12.2. The molecule has 0 spiro atoms. The summed E-state index contributed by atoms with van der Waals surface area (Å²) >= 11 is 5.52. The van der Waals surface area contributed by atoms with Crippen molar-refractivity contribution in [3.05, 3.63) is 34.3 Å². The summed E-state index contributed by atoms with van der Waals surface area (Å²) in [7, 11) is 0. The summed E-state index contributed by atoms with van der Waals surface area (Å²) in [5.41, 5.74) is -0.107. The maximum atomic E-state index is 12.2. The van der Waals surface area contributed by atoms with Gasteiger partial charge in [-0.2, -0.15) is 0 Å². The van der Waals surface area contributed by atoms with Gasteiger partial charge in [-0.3, -0.25) is 0 Å². The van der Waals surface area contributed by atoms with Crippen LogP contribution in [0.1, 0.15) is 15.9 Å². The van der Waals surface area contributed by atoms with Gasteiger partial charge in [0, 0.05) is 10.6 Å². The normalized spacial score (nSPS) is 9.83. The molecule has 4 heteroatoms. The molecule has 0 saturated carbocycles. The molecule has 0 fully saturated rings. The van der Waals surface area contributed by atoms with Gasteiger partial charge in [-0.25, -0.2) is 4.39 Å². The van der Waals surface area contributed by atoms with E-state index in [4.69, 9.17) is 11.6 Å². The van der Waals surface area contributed by atoms with Crippen molar-refractivity contribution in [2.24, 2.45) is 0 Å². The topological polar surface area (TPSA) is 40.1 Å². The minimum absolute atomic E-state index is 0.0440. The molecule has 0 unspecified atom stereocenters. The molecular weight excluding hydrogens is 183 g/mol. The average molecular weight is 188 g/mol. The Labute approximate surface area is 73.6 Å². The highest BCUT2D eigenvalue weighted by Gasteiger charge is 2.03. The standard InChI is InChI=1S/C8H6ClFO2/c9-6-1-2-7(8(11)12)5(3-6)4-10/h1-3H,4H2,(H,11,12)/p-1. The number of carbonyl (C=O) groups excluding carboxylic acids is 1. The Morgan fingerprint density at radius 3 is 2.75 bits per heavy atom. The SMILES string of the molecule is O=C([O-])c1ccc(Cl)cc1CF. The zero-order valence-electron chi connectivity index (χ0n) is 6.01. The van der Waals surface area contributed by atoms with Crippen LogP contribution in [0.2, 0.25) is 5.02 Å². The number of benzene rings is 1.